The van der Waals surface area contributed by atoms with Crippen LogP contribution in [0.15, 0.2) is 91.0 Å². The van der Waals surface area contributed by atoms with Gasteiger partial charge < -0.3 is 25.8 Å². The maximum atomic E-state index is 13.5. The molecule has 1 aliphatic rings. The van der Waals surface area contributed by atoms with Gasteiger partial charge >= 0.3 is 6.03 Å². The van der Waals surface area contributed by atoms with Crippen LogP contribution in [0.1, 0.15) is 38.3 Å². The van der Waals surface area contributed by atoms with Crippen molar-refractivity contribution in [1.29, 1.82) is 0 Å². The van der Waals surface area contributed by atoms with Gasteiger partial charge in [0.1, 0.15) is 11.6 Å². The van der Waals surface area contributed by atoms with Gasteiger partial charge in [0.2, 0.25) is 0 Å². The van der Waals surface area contributed by atoms with Crippen molar-refractivity contribution in [1.82, 2.24) is 10.2 Å². The smallest absolute Gasteiger partial charge is 0.321 e. The molecule has 44 heavy (non-hydrogen) atoms. The molecule has 0 aromatic heterocycles. The Morgan fingerprint density at radius 3 is 2.07 bits per heavy atom. The van der Waals surface area contributed by atoms with Crippen molar-refractivity contribution in [2.45, 2.75) is 19.9 Å². The molecule has 4 amide bonds. The van der Waals surface area contributed by atoms with Gasteiger partial charge in [0.05, 0.1) is 5.56 Å². The predicted molar refractivity (Wildman–Crippen MR) is 167 cm³/mol. The first-order valence-electron chi connectivity index (χ1n) is 14.4. The molecule has 226 valence electrons. The number of carbonyl (C=O) groups is 3. The Morgan fingerprint density at radius 1 is 0.705 bits per heavy atom. The highest BCUT2D eigenvalue weighted by Gasteiger charge is 2.23. The molecular formula is C34H33F2N5O3. The maximum Gasteiger partial charge on any atom is 0.321 e. The summed E-state index contributed by atoms with van der Waals surface area (Å²) in [7, 11) is 0. The first-order chi connectivity index (χ1) is 21.2. The molecule has 1 heterocycles. The number of nitrogens with zero attached hydrogens (tertiary/aromatic N) is 2. The van der Waals surface area contributed by atoms with Crippen LogP contribution in [0.3, 0.4) is 0 Å². The minimum atomic E-state index is -0.449. The first-order valence-corrected chi connectivity index (χ1v) is 14.4. The minimum absolute atomic E-state index is 0.178. The molecular weight excluding hydrogens is 564 g/mol. The van der Waals surface area contributed by atoms with E-state index in [0.29, 0.717) is 49.5 Å². The lowest BCUT2D eigenvalue weighted by molar-refractivity contribution is 0.0950. The fourth-order valence-electron chi connectivity index (χ4n) is 4.96. The summed E-state index contributed by atoms with van der Waals surface area (Å²) in [6, 6.07) is 23.5. The number of hydrogen-bond acceptors (Lipinski definition) is 4. The van der Waals surface area contributed by atoms with Crippen molar-refractivity contribution in [2.75, 3.05) is 41.7 Å². The highest BCUT2D eigenvalue weighted by Crippen LogP contribution is 2.27. The van der Waals surface area contributed by atoms with Gasteiger partial charge in [-0.1, -0.05) is 29.8 Å². The average molecular weight is 598 g/mol. The summed E-state index contributed by atoms with van der Waals surface area (Å²) in [6.07, 6.45) is 0.682. The van der Waals surface area contributed by atoms with Gasteiger partial charge in [-0.05, 0) is 85.6 Å². The van der Waals surface area contributed by atoms with E-state index in [1.807, 2.05) is 31.2 Å². The number of urea groups is 1. The van der Waals surface area contributed by atoms with Crippen molar-refractivity contribution in [3.63, 3.8) is 0 Å². The van der Waals surface area contributed by atoms with Crippen LogP contribution in [-0.4, -0.2) is 48.9 Å². The number of carbonyl (C=O) groups excluding carboxylic acids is 3. The highest BCUT2D eigenvalue weighted by molar-refractivity contribution is 6.06. The number of halogens is 2. The number of aryl methyl sites for hydroxylation is 1. The molecule has 0 aliphatic carbocycles. The van der Waals surface area contributed by atoms with Crippen molar-refractivity contribution in [3.8, 4) is 0 Å². The number of benzene rings is 4. The molecule has 1 fully saturated rings. The molecule has 10 heteroatoms. The molecule has 8 nitrogen and oxygen atoms in total. The summed E-state index contributed by atoms with van der Waals surface area (Å²) < 4.78 is 26.7. The van der Waals surface area contributed by atoms with Crippen LogP contribution in [0, 0.1) is 18.6 Å². The summed E-state index contributed by atoms with van der Waals surface area (Å²) in [6.45, 7) is 4.24. The third-order valence-electron chi connectivity index (χ3n) is 7.40. The summed E-state index contributed by atoms with van der Waals surface area (Å²) >= 11 is 0. The van der Waals surface area contributed by atoms with Gasteiger partial charge in [-0.15, -0.1) is 0 Å². The molecule has 1 aliphatic heterocycles. The lowest BCUT2D eigenvalue weighted by Gasteiger charge is -2.26. The average Bonchev–Trinajstić information content (AvgIpc) is 3.28. The third-order valence-corrected chi connectivity index (χ3v) is 7.40. The Kier molecular flexibility index (Phi) is 9.49. The van der Waals surface area contributed by atoms with E-state index < -0.39 is 11.7 Å². The zero-order valence-corrected chi connectivity index (χ0v) is 24.3. The molecule has 4 aromatic carbocycles. The fraction of sp³-hybridized carbons (Fsp3) is 0.206. The van der Waals surface area contributed by atoms with Crippen molar-refractivity contribution < 1.29 is 23.2 Å². The first kappa shape index (κ1) is 30.2. The summed E-state index contributed by atoms with van der Waals surface area (Å²) in [5.74, 6) is -1.63. The van der Waals surface area contributed by atoms with E-state index in [4.69, 9.17) is 0 Å². The van der Waals surface area contributed by atoms with E-state index >= 15 is 0 Å². The van der Waals surface area contributed by atoms with Crippen molar-refractivity contribution >= 4 is 34.9 Å². The fourth-order valence-corrected chi connectivity index (χ4v) is 4.96. The second kappa shape index (κ2) is 13.8. The molecule has 0 spiro atoms. The van der Waals surface area contributed by atoms with E-state index in [-0.39, 0.29) is 29.9 Å². The number of nitrogens with one attached hydrogen (secondary N) is 3. The van der Waals surface area contributed by atoms with Gasteiger partial charge in [-0.25, -0.2) is 13.6 Å². The van der Waals surface area contributed by atoms with Crippen LogP contribution in [0.4, 0.5) is 30.6 Å². The van der Waals surface area contributed by atoms with Crippen molar-refractivity contribution in [3.05, 3.63) is 125 Å². The van der Waals surface area contributed by atoms with Crippen LogP contribution in [0.2, 0.25) is 0 Å². The number of rotatable bonds is 7. The quantitative estimate of drug-likeness (QED) is 0.237. The molecule has 1 saturated heterocycles. The van der Waals surface area contributed by atoms with E-state index in [2.05, 4.69) is 20.9 Å². The molecule has 4 aromatic rings. The topological polar surface area (TPSA) is 93.8 Å². The third kappa shape index (κ3) is 7.77. The zero-order valence-electron chi connectivity index (χ0n) is 24.3. The van der Waals surface area contributed by atoms with Gasteiger partial charge in [-0.3, -0.25) is 9.59 Å². The Hall–Kier alpha value is -5.25. The molecule has 3 N–H and O–H groups in total. The summed E-state index contributed by atoms with van der Waals surface area (Å²) in [4.78, 5) is 43.1. The van der Waals surface area contributed by atoms with Crippen LogP contribution in [0.5, 0.6) is 0 Å². The molecule has 5 rings (SSSR count). The second-order valence-corrected chi connectivity index (χ2v) is 10.6. The van der Waals surface area contributed by atoms with E-state index in [9.17, 15) is 23.2 Å². The van der Waals surface area contributed by atoms with E-state index in [1.165, 1.54) is 36.4 Å². The normalized spacial score (nSPS) is 13.2. The van der Waals surface area contributed by atoms with E-state index in [1.54, 1.807) is 35.2 Å². The number of anilines is 3. The van der Waals surface area contributed by atoms with E-state index in [0.717, 1.165) is 16.8 Å². The Labute approximate surface area is 254 Å². The van der Waals surface area contributed by atoms with Gasteiger partial charge in [0.15, 0.2) is 0 Å². The van der Waals surface area contributed by atoms with Crippen LogP contribution < -0.4 is 20.9 Å². The summed E-state index contributed by atoms with van der Waals surface area (Å²) in [5.41, 5.74) is 4.21. The lowest BCUT2D eigenvalue weighted by atomic mass is 10.1. The zero-order chi connectivity index (χ0) is 31.1. The van der Waals surface area contributed by atoms with Crippen LogP contribution in [-0.2, 0) is 6.54 Å². The van der Waals surface area contributed by atoms with Crippen LogP contribution >= 0.6 is 0 Å². The van der Waals surface area contributed by atoms with Crippen LogP contribution in [0.25, 0.3) is 0 Å². The van der Waals surface area contributed by atoms with Gasteiger partial charge in [-0.2, -0.15) is 0 Å². The Balaban J connectivity index is 1.33. The molecule has 0 radical (unpaired) electrons. The van der Waals surface area contributed by atoms with Crippen molar-refractivity contribution in [2.24, 2.45) is 0 Å². The lowest BCUT2D eigenvalue weighted by Crippen LogP contribution is -2.38. The molecule has 0 saturated carbocycles. The Bertz CT molecular complexity index is 1630. The monoisotopic (exact) mass is 597 g/mol. The Morgan fingerprint density at radius 2 is 1.36 bits per heavy atom. The standard InChI is InChI=1S/C34H33F2N5O3/c1-23-3-13-28(14-4-23)39-34(44)41-18-2-17-40(19-20-41)31-16-15-29(38-32(42)25-7-11-27(36)12-8-25)21-30(31)33(43)37-22-24-5-9-26(35)10-6-24/h3-16,21H,2,17-20,22H2,1H3,(H,37,43)(H,38,42)(H,39,44). The van der Waals surface area contributed by atoms with Gasteiger partial charge in [0.25, 0.3) is 11.8 Å². The largest absolute Gasteiger partial charge is 0.369 e. The summed E-state index contributed by atoms with van der Waals surface area (Å²) in [5, 5.41) is 8.62. The highest BCUT2D eigenvalue weighted by atomic mass is 19.1. The second-order valence-electron chi connectivity index (χ2n) is 10.6. The number of amides is 4. The molecule has 0 unspecified atom stereocenters. The maximum absolute atomic E-state index is 13.5. The van der Waals surface area contributed by atoms with Gasteiger partial charge in [0, 0.05) is 55.3 Å². The SMILES string of the molecule is Cc1ccc(NC(=O)N2CCCN(c3ccc(NC(=O)c4ccc(F)cc4)cc3C(=O)NCc3ccc(F)cc3)CC2)cc1. The number of hydrogen-bond donors (Lipinski definition) is 3. The molecule has 0 bridgehead atoms. The minimum Gasteiger partial charge on any atom is -0.369 e. The molecule has 0 atom stereocenters. The predicted octanol–water partition coefficient (Wildman–Crippen LogP) is 6.20.